The molecule has 2 atom stereocenters. The standard InChI is InChI=1S/C13H23N3O/c1-7(2)9(4)14-13(17)8(3)12-10(5)15-16-11(12)6/h7-9H,1-6H3,(H,14,17)(H,15,16). The lowest BCUT2D eigenvalue weighted by molar-refractivity contribution is -0.123. The Kier molecular flexibility index (Phi) is 4.32. The molecule has 0 aliphatic rings. The van der Waals surface area contributed by atoms with Gasteiger partial charge in [0.25, 0.3) is 0 Å². The van der Waals surface area contributed by atoms with Gasteiger partial charge in [-0.05, 0) is 33.6 Å². The second-order valence-corrected chi connectivity index (χ2v) is 5.11. The van der Waals surface area contributed by atoms with E-state index in [1.165, 1.54) is 0 Å². The summed E-state index contributed by atoms with van der Waals surface area (Å²) in [6.45, 7) is 12.0. The van der Waals surface area contributed by atoms with Gasteiger partial charge in [0.1, 0.15) is 0 Å². The summed E-state index contributed by atoms with van der Waals surface area (Å²) in [6.07, 6.45) is 0. The zero-order valence-electron chi connectivity index (χ0n) is 11.6. The zero-order chi connectivity index (χ0) is 13.2. The first-order valence-corrected chi connectivity index (χ1v) is 6.16. The maximum absolute atomic E-state index is 12.1. The summed E-state index contributed by atoms with van der Waals surface area (Å²) in [5.74, 6) is 0.353. The van der Waals surface area contributed by atoms with Crippen molar-refractivity contribution >= 4 is 5.91 Å². The molecule has 0 bridgehead atoms. The van der Waals surface area contributed by atoms with Crippen LogP contribution in [0.2, 0.25) is 0 Å². The molecule has 2 N–H and O–H groups in total. The summed E-state index contributed by atoms with van der Waals surface area (Å²) in [5.41, 5.74) is 2.89. The molecule has 96 valence electrons. The minimum atomic E-state index is -0.157. The van der Waals surface area contributed by atoms with E-state index in [0.717, 1.165) is 17.0 Å². The highest BCUT2D eigenvalue weighted by Crippen LogP contribution is 2.21. The first-order valence-electron chi connectivity index (χ1n) is 6.16. The first kappa shape index (κ1) is 13.7. The van der Waals surface area contributed by atoms with Crippen molar-refractivity contribution in [2.24, 2.45) is 5.92 Å². The summed E-state index contributed by atoms with van der Waals surface area (Å²) < 4.78 is 0. The number of amides is 1. The molecule has 1 amide bonds. The van der Waals surface area contributed by atoms with E-state index in [1.54, 1.807) is 0 Å². The van der Waals surface area contributed by atoms with Crippen LogP contribution >= 0.6 is 0 Å². The number of aromatic amines is 1. The number of nitrogens with one attached hydrogen (secondary N) is 2. The van der Waals surface area contributed by atoms with E-state index >= 15 is 0 Å². The van der Waals surface area contributed by atoms with Crippen molar-refractivity contribution in [3.8, 4) is 0 Å². The second-order valence-electron chi connectivity index (χ2n) is 5.11. The van der Waals surface area contributed by atoms with Gasteiger partial charge in [0.05, 0.1) is 11.6 Å². The van der Waals surface area contributed by atoms with Crippen molar-refractivity contribution in [3.63, 3.8) is 0 Å². The van der Waals surface area contributed by atoms with Gasteiger partial charge < -0.3 is 5.32 Å². The Morgan fingerprint density at radius 1 is 1.24 bits per heavy atom. The normalized spacial score (nSPS) is 14.8. The molecular formula is C13H23N3O. The van der Waals surface area contributed by atoms with Gasteiger partial charge in [-0.1, -0.05) is 13.8 Å². The number of carbonyl (C=O) groups is 1. The van der Waals surface area contributed by atoms with E-state index in [2.05, 4.69) is 29.4 Å². The van der Waals surface area contributed by atoms with Crippen LogP contribution in [0.4, 0.5) is 0 Å². The summed E-state index contributed by atoms with van der Waals surface area (Å²) >= 11 is 0. The third kappa shape index (κ3) is 3.08. The van der Waals surface area contributed by atoms with Crippen LogP contribution in [0.5, 0.6) is 0 Å². The first-order chi connectivity index (χ1) is 7.84. The molecule has 0 fully saturated rings. The van der Waals surface area contributed by atoms with Gasteiger partial charge in [0.15, 0.2) is 0 Å². The lowest BCUT2D eigenvalue weighted by atomic mass is 9.97. The molecule has 1 heterocycles. The van der Waals surface area contributed by atoms with E-state index in [4.69, 9.17) is 0 Å². The van der Waals surface area contributed by atoms with E-state index in [-0.39, 0.29) is 17.9 Å². The van der Waals surface area contributed by atoms with Crippen LogP contribution in [0.3, 0.4) is 0 Å². The fourth-order valence-electron chi connectivity index (χ4n) is 1.84. The largest absolute Gasteiger partial charge is 0.353 e. The Hall–Kier alpha value is -1.32. The number of hydrogen-bond acceptors (Lipinski definition) is 2. The van der Waals surface area contributed by atoms with E-state index in [0.29, 0.717) is 5.92 Å². The van der Waals surface area contributed by atoms with Crippen LogP contribution in [0.15, 0.2) is 0 Å². The van der Waals surface area contributed by atoms with Crippen LogP contribution in [-0.4, -0.2) is 22.1 Å². The molecule has 4 heteroatoms. The lowest BCUT2D eigenvalue weighted by Gasteiger charge is -2.20. The lowest BCUT2D eigenvalue weighted by Crippen LogP contribution is -2.38. The Balaban J connectivity index is 2.77. The Morgan fingerprint density at radius 3 is 2.24 bits per heavy atom. The molecule has 1 aromatic rings. The SMILES string of the molecule is Cc1n[nH]c(C)c1C(C)C(=O)NC(C)C(C)C. The smallest absolute Gasteiger partial charge is 0.227 e. The van der Waals surface area contributed by atoms with Crippen molar-refractivity contribution in [2.45, 2.75) is 53.5 Å². The summed E-state index contributed by atoms with van der Waals surface area (Å²) in [5, 5.41) is 10.1. The summed E-state index contributed by atoms with van der Waals surface area (Å²) in [6, 6.07) is 0.192. The van der Waals surface area contributed by atoms with Crippen LogP contribution in [0.25, 0.3) is 0 Å². The second kappa shape index (κ2) is 5.34. The minimum absolute atomic E-state index is 0.0683. The predicted molar refractivity (Wildman–Crippen MR) is 68.9 cm³/mol. The van der Waals surface area contributed by atoms with Crippen molar-refractivity contribution in [1.29, 1.82) is 0 Å². The number of nitrogens with zero attached hydrogens (tertiary/aromatic N) is 1. The molecule has 0 aliphatic heterocycles. The fourth-order valence-corrected chi connectivity index (χ4v) is 1.84. The molecule has 0 aliphatic carbocycles. The predicted octanol–water partition coefficient (Wildman–Crippen LogP) is 2.29. The third-order valence-corrected chi connectivity index (χ3v) is 3.38. The van der Waals surface area contributed by atoms with E-state index in [9.17, 15) is 4.79 Å². The van der Waals surface area contributed by atoms with Crippen molar-refractivity contribution in [1.82, 2.24) is 15.5 Å². The molecule has 1 rings (SSSR count). The number of hydrogen-bond donors (Lipinski definition) is 2. The Labute approximate surface area is 103 Å². The molecule has 4 nitrogen and oxygen atoms in total. The highest BCUT2D eigenvalue weighted by Gasteiger charge is 2.22. The zero-order valence-corrected chi connectivity index (χ0v) is 11.6. The van der Waals surface area contributed by atoms with Crippen LogP contribution < -0.4 is 5.32 Å². The van der Waals surface area contributed by atoms with Crippen molar-refractivity contribution in [2.75, 3.05) is 0 Å². The topological polar surface area (TPSA) is 57.8 Å². The molecule has 0 aromatic carbocycles. The van der Waals surface area contributed by atoms with E-state index in [1.807, 2.05) is 27.7 Å². The summed E-state index contributed by atoms with van der Waals surface area (Å²) in [7, 11) is 0. The maximum atomic E-state index is 12.1. The van der Waals surface area contributed by atoms with E-state index < -0.39 is 0 Å². The minimum Gasteiger partial charge on any atom is -0.353 e. The van der Waals surface area contributed by atoms with Gasteiger partial charge in [-0.3, -0.25) is 9.89 Å². The number of H-pyrrole nitrogens is 1. The Bertz CT molecular complexity index is 376. The van der Waals surface area contributed by atoms with Crippen LogP contribution in [0.1, 0.15) is 50.6 Å². The van der Waals surface area contributed by atoms with Crippen molar-refractivity contribution in [3.05, 3.63) is 17.0 Å². The number of aryl methyl sites for hydroxylation is 2. The van der Waals surface area contributed by atoms with Gasteiger partial charge in [0.2, 0.25) is 5.91 Å². The van der Waals surface area contributed by atoms with Gasteiger partial charge in [-0.15, -0.1) is 0 Å². The van der Waals surface area contributed by atoms with Gasteiger partial charge in [-0.25, -0.2) is 0 Å². The van der Waals surface area contributed by atoms with Gasteiger partial charge in [-0.2, -0.15) is 5.10 Å². The molecule has 0 saturated carbocycles. The molecule has 0 spiro atoms. The van der Waals surface area contributed by atoms with Gasteiger partial charge in [0, 0.05) is 17.3 Å². The number of rotatable bonds is 4. The molecule has 17 heavy (non-hydrogen) atoms. The fraction of sp³-hybridized carbons (Fsp3) is 0.692. The Morgan fingerprint density at radius 2 is 1.82 bits per heavy atom. The van der Waals surface area contributed by atoms with Crippen LogP contribution in [0, 0.1) is 19.8 Å². The average Bonchev–Trinajstić information content (AvgIpc) is 2.57. The third-order valence-electron chi connectivity index (χ3n) is 3.38. The number of carbonyl (C=O) groups excluding carboxylic acids is 1. The monoisotopic (exact) mass is 237 g/mol. The van der Waals surface area contributed by atoms with Gasteiger partial charge >= 0.3 is 0 Å². The summed E-state index contributed by atoms with van der Waals surface area (Å²) in [4.78, 5) is 12.1. The quantitative estimate of drug-likeness (QED) is 0.844. The average molecular weight is 237 g/mol. The number of aromatic nitrogens is 2. The van der Waals surface area contributed by atoms with Crippen molar-refractivity contribution < 1.29 is 4.79 Å². The highest BCUT2D eigenvalue weighted by atomic mass is 16.1. The van der Waals surface area contributed by atoms with Crippen LogP contribution in [-0.2, 0) is 4.79 Å². The molecule has 2 unspecified atom stereocenters. The molecule has 0 radical (unpaired) electrons. The molecular weight excluding hydrogens is 214 g/mol. The molecule has 1 aromatic heterocycles. The highest BCUT2D eigenvalue weighted by molar-refractivity contribution is 5.84. The maximum Gasteiger partial charge on any atom is 0.227 e. The molecule has 0 saturated heterocycles.